The minimum absolute atomic E-state index is 0.133. The molecule has 0 spiro atoms. The second-order valence-corrected chi connectivity index (χ2v) is 6.82. The molecule has 0 bridgehead atoms. The molecule has 0 amide bonds. The summed E-state index contributed by atoms with van der Waals surface area (Å²) >= 11 is 0. The fourth-order valence-electron chi connectivity index (χ4n) is 3.58. The van der Waals surface area contributed by atoms with E-state index in [1.807, 2.05) is 18.2 Å². The molecule has 0 saturated carbocycles. The van der Waals surface area contributed by atoms with Crippen LogP contribution in [0.15, 0.2) is 48.5 Å². The lowest BCUT2D eigenvalue weighted by atomic mass is 10.0. The van der Waals surface area contributed by atoms with Crippen molar-refractivity contribution in [3.05, 3.63) is 59.7 Å². The molecule has 1 N–H and O–H groups in total. The number of likely N-dealkylation sites (tertiary alicyclic amines) is 1. The summed E-state index contributed by atoms with van der Waals surface area (Å²) in [5, 5.41) is 3.31. The van der Waals surface area contributed by atoms with E-state index in [0.717, 1.165) is 37.2 Å². The maximum absolute atomic E-state index is 12.6. The van der Waals surface area contributed by atoms with E-state index in [-0.39, 0.29) is 11.8 Å². The molecule has 2 aromatic carbocycles. The van der Waals surface area contributed by atoms with Crippen molar-refractivity contribution in [1.29, 1.82) is 0 Å². The van der Waals surface area contributed by atoms with Crippen molar-refractivity contribution >= 4 is 0 Å². The van der Waals surface area contributed by atoms with Crippen LogP contribution in [0.5, 0.6) is 11.5 Å². The van der Waals surface area contributed by atoms with Crippen LogP contribution in [0.2, 0.25) is 0 Å². The first-order valence-corrected chi connectivity index (χ1v) is 9.38. The molecule has 1 aliphatic heterocycles. The van der Waals surface area contributed by atoms with Crippen molar-refractivity contribution < 1.29 is 22.6 Å². The Morgan fingerprint density at radius 2 is 1.82 bits per heavy atom. The molecule has 4 nitrogen and oxygen atoms in total. The normalized spacial score (nSPS) is 16.1. The van der Waals surface area contributed by atoms with Crippen LogP contribution >= 0.6 is 0 Å². The number of para-hydroxylation sites is 1. The highest BCUT2D eigenvalue weighted by Crippen LogP contribution is 2.28. The first kappa shape index (κ1) is 20.5. The van der Waals surface area contributed by atoms with Gasteiger partial charge in [-0.1, -0.05) is 30.3 Å². The number of nitrogens with zero attached hydrogens (tertiary/aromatic N) is 1. The fourth-order valence-corrected chi connectivity index (χ4v) is 3.58. The van der Waals surface area contributed by atoms with Crippen molar-refractivity contribution in [3.8, 4) is 11.5 Å². The van der Waals surface area contributed by atoms with E-state index >= 15 is 0 Å². The van der Waals surface area contributed by atoms with Gasteiger partial charge in [-0.3, -0.25) is 4.90 Å². The number of hydrogen-bond donors (Lipinski definition) is 1. The third kappa shape index (κ3) is 5.62. The molecule has 0 radical (unpaired) electrons. The zero-order valence-electron chi connectivity index (χ0n) is 15.8. The quantitative estimate of drug-likeness (QED) is 0.714. The van der Waals surface area contributed by atoms with Gasteiger partial charge in [0.25, 0.3) is 0 Å². The topological polar surface area (TPSA) is 33.7 Å². The third-order valence-electron chi connectivity index (χ3n) is 4.91. The van der Waals surface area contributed by atoms with Gasteiger partial charge in [-0.2, -0.15) is 0 Å². The monoisotopic (exact) mass is 394 g/mol. The molecule has 1 heterocycles. The summed E-state index contributed by atoms with van der Waals surface area (Å²) < 4.78 is 47.3. The Kier molecular flexibility index (Phi) is 6.80. The van der Waals surface area contributed by atoms with Crippen molar-refractivity contribution in [2.45, 2.75) is 31.8 Å². The fraction of sp³-hybridized carbons (Fsp3) is 0.429. The van der Waals surface area contributed by atoms with Crippen LogP contribution in [0.25, 0.3) is 0 Å². The molecule has 1 atom stereocenters. The largest absolute Gasteiger partial charge is 0.573 e. The number of nitrogens with one attached hydrogen (secondary N) is 1. The summed E-state index contributed by atoms with van der Waals surface area (Å²) in [6.45, 7) is 2.93. The predicted octanol–water partition coefficient (Wildman–Crippen LogP) is 4.52. The second-order valence-electron chi connectivity index (χ2n) is 6.82. The second kappa shape index (κ2) is 9.30. The minimum Gasteiger partial charge on any atom is -0.497 e. The third-order valence-corrected chi connectivity index (χ3v) is 4.91. The van der Waals surface area contributed by atoms with Gasteiger partial charge in [0.1, 0.15) is 11.5 Å². The highest BCUT2D eigenvalue weighted by Gasteiger charge is 2.32. The van der Waals surface area contributed by atoms with Crippen molar-refractivity contribution in [2.24, 2.45) is 0 Å². The van der Waals surface area contributed by atoms with Gasteiger partial charge >= 0.3 is 6.36 Å². The molecule has 0 aromatic heterocycles. The molecule has 1 unspecified atom stereocenters. The molecule has 1 saturated heterocycles. The Balaban J connectivity index is 1.69. The minimum atomic E-state index is -4.70. The maximum Gasteiger partial charge on any atom is 0.573 e. The number of rotatable bonds is 8. The maximum atomic E-state index is 12.6. The van der Waals surface area contributed by atoms with Crippen molar-refractivity contribution in [1.82, 2.24) is 10.2 Å². The van der Waals surface area contributed by atoms with Crippen LogP contribution in [0.1, 0.15) is 30.0 Å². The summed E-state index contributed by atoms with van der Waals surface area (Å²) in [6, 6.07) is 14.3. The lowest BCUT2D eigenvalue weighted by Crippen LogP contribution is -2.34. The van der Waals surface area contributed by atoms with Gasteiger partial charge < -0.3 is 14.8 Å². The lowest BCUT2D eigenvalue weighted by Gasteiger charge is -2.28. The molecule has 1 fully saturated rings. The summed E-state index contributed by atoms with van der Waals surface area (Å²) in [4.78, 5) is 2.40. The molecular formula is C21H25F3N2O2. The van der Waals surface area contributed by atoms with Crippen molar-refractivity contribution in [3.63, 3.8) is 0 Å². The van der Waals surface area contributed by atoms with E-state index in [4.69, 9.17) is 4.74 Å². The van der Waals surface area contributed by atoms with Gasteiger partial charge in [-0.05, 0) is 49.7 Å². The summed E-state index contributed by atoms with van der Waals surface area (Å²) in [5.74, 6) is 0.632. The van der Waals surface area contributed by atoms with Crippen LogP contribution < -0.4 is 14.8 Å². The first-order chi connectivity index (χ1) is 13.5. The van der Waals surface area contributed by atoms with E-state index in [1.165, 1.54) is 12.1 Å². The van der Waals surface area contributed by atoms with Gasteiger partial charge in [0.2, 0.25) is 0 Å². The van der Waals surface area contributed by atoms with Crippen LogP contribution in [0.4, 0.5) is 13.2 Å². The van der Waals surface area contributed by atoms with E-state index < -0.39 is 6.36 Å². The Morgan fingerprint density at radius 1 is 1.07 bits per heavy atom. The number of methoxy groups -OCH3 is 1. The molecule has 3 rings (SSSR count). The predicted molar refractivity (Wildman–Crippen MR) is 101 cm³/mol. The van der Waals surface area contributed by atoms with Gasteiger partial charge in [0.15, 0.2) is 0 Å². The van der Waals surface area contributed by atoms with E-state index in [0.29, 0.717) is 18.7 Å². The standard InChI is InChI=1S/C21H25F3N2O2/c1-27-18-9-6-8-16(13-18)19(26-11-4-5-12-26)15-25-14-17-7-2-3-10-20(17)28-21(22,23)24/h2-3,6-10,13,19,25H,4-5,11-12,14-15H2,1H3. The average Bonchev–Trinajstić information content (AvgIpc) is 3.19. The lowest BCUT2D eigenvalue weighted by molar-refractivity contribution is -0.274. The van der Waals surface area contributed by atoms with Crippen LogP contribution in [0.3, 0.4) is 0 Å². The molecular weight excluding hydrogens is 369 g/mol. The molecule has 28 heavy (non-hydrogen) atoms. The Bertz CT molecular complexity index is 761. The summed E-state index contributed by atoms with van der Waals surface area (Å²) in [6.07, 6.45) is -2.39. The Labute approximate surface area is 163 Å². The van der Waals surface area contributed by atoms with Crippen molar-refractivity contribution in [2.75, 3.05) is 26.7 Å². The molecule has 2 aromatic rings. The number of hydrogen-bond acceptors (Lipinski definition) is 4. The number of ether oxygens (including phenoxy) is 2. The van der Waals surface area contributed by atoms with E-state index in [1.54, 1.807) is 19.2 Å². The van der Waals surface area contributed by atoms with Gasteiger partial charge in [-0.15, -0.1) is 13.2 Å². The molecule has 152 valence electrons. The number of alkyl halides is 3. The average molecular weight is 394 g/mol. The first-order valence-electron chi connectivity index (χ1n) is 9.38. The van der Waals surface area contributed by atoms with Crippen LogP contribution in [-0.4, -0.2) is 38.0 Å². The molecule has 0 aliphatic carbocycles. The zero-order chi connectivity index (χ0) is 20.0. The Morgan fingerprint density at radius 3 is 2.54 bits per heavy atom. The highest BCUT2D eigenvalue weighted by atomic mass is 19.4. The van der Waals surface area contributed by atoms with Gasteiger partial charge in [0.05, 0.1) is 7.11 Å². The Hall–Kier alpha value is -2.25. The molecule has 7 heteroatoms. The summed E-state index contributed by atoms with van der Waals surface area (Å²) in [5.41, 5.74) is 1.61. The highest BCUT2D eigenvalue weighted by molar-refractivity contribution is 5.34. The van der Waals surface area contributed by atoms with E-state index in [2.05, 4.69) is 21.0 Å². The van der Waals surface area contributed by atoms with Crippen LogP contribution in [0, 0.1) is 0 Å². The number of halogens is 3. The van der Waals surface area contributed by atoms with Gasteiger partial charge in [-0.25, -0.2) is 0 Å². The van der Waals surface area contributed by atoms with Crippen LogP contribution in [-0.2, 0) is 6.54 Å². The SMILES string of the molecule is COc1cccc(C(CNCc2ccccc2OC(F)(F)F)N2CCCC2)c1. The molecule has 1 aliphatic rings. The smallest absolute Gasteiger partial charge is 0.497 e. The zero-order valence-corrected chi connectivity index (χ0v) is 15.8. The number of benzene rings is 2. The van der Waals surface area contributed by atoms with Gasteiger partial charge in [0, 0.05) is 24.7 Å². The van der Waals surface area contributed by atoms with E-state index in [9.17, 15) is 13.2 Å². The summed E-state index contributed by atoms with van der Waals surface area (Å²) in [7, 11) is 1.64.